The van der Waals surface area contributed by atoms with Gasteiger partial charge in [-0.2, -0.15) is 0 Å². The van der Waals surface area contributed by atoms with Crippen LogP contribution >= 0.6 is 11.8 Å². The highest BCUT2D eigenvalue weighted by Gasteiger charge is 2.09. The molecule has 0 heterocycles. The van der Waals surface area contributed by atoms with Crippen LogP contribution in [0, 0.1) is 6.92 Å². The molecule has 18 heavy (non-hydrogen) atoms. The predicted molar refractivity (Wildman–Crippen MR) is 77.7 cm³/mol. The third-order valence-electron chi connectivity index (χ3n) is 2.91. The number of hydrogen-bond acceptors (Lipinski definition) is 3. The molecule has 94 valence electrons. The standard InChI is InChI=1S/C15H17NOS/c1-11-13(16)8-5-9-15(11)18-10-14(17)12-6-3-2-4-7-12/h2-9,14,17H,10,16H2,1H3. The zero-order valence-electron chi connectivity index (χ0n) is 10.3. The van der Waals surface area contributed by atoms with Crippen molar-refractivity contribution in [1.82, 2.24) is 0 Å². The van der Waals surface area contributed by atoms with Gasteiger partial charge in [-0.05, 0) is 30.2 Å². The molecule has 0 bridgehead atoms. The molecule has 0 aliphatic rings. The topological polar surface area (TPSA) is 46.2 Å². The average molecular weight is 259 g/mol. The molecule has 0 radical (unpaired) electrons. The van der Waals surface area contributed by atoms with Gasteiger partial charge in [0.2, 0.25) is 0 Å². The van der Waals surface area contributed by atoms with Gasteiger partial charge in [0.1, 0.15) is 0 Å². The molecule has 2 aromatic rings. The van der Waals surface area contributed by atoms with E-state index in [0.29, 0.717) is 5.75 Å². The first-order valence-electron chi connectivity index (χ1n) is 5.89. The molecule has 2 aromatic carbocycles. The number of nitrogen functional groups attached to an aromatic ring is 1. The van der Waals surface area contributed by atoms with Crippen LogP contribution in [0.4, 0.5) is 5.69 Å². The van der Waals surface area contributed by atoms with Crippen LogP contribution < -0.4 is 5.73 Å². The Labute approximate surface area is 112 Å². The van der Waals surface area contributed by atoms with E-state index in [1.54, 1.807) is 11.8 Å². The van der Waals surface area contributed by atoms with Gasteiger partial charge in [-0.1, -0.05) is 36.4 Å². The number of benzene rings is 2. The van der Waals surface area contributed by atoms with E-state index in [-0.39, 0.29) is 0 Å². The summed E-state index contributed by atoms with van der Waals surface area (Å²) in [6, 6.07) is 15.6. The van der Waals surface area contributed by atoms with E-state index in [1.807, 2.05) is 55.5 Å². The van der Waals surface area contributed by atoms with Gasteiger partial charge in [0, 0.05) is 16.3 Å². The van der Waals surface area contributed by atoms with Gasteiger partial charge < -0.3 is 10.8 Å². The summed E-state index contributed by atoms with van der Waals surface area (Å²) in [6.45, 7) is 2.01. The maximum Gasteiger partial charge on any atom is 0.0883 e. The molecule has 0 saturated heterocycles. The van der Waals surface area contributed by atoms with Crippen LogP contribution in [-0.2, 0) is 0 Å². The van der Waals surface area contributed by atoms with E-state index >= 15 is 0 Å². The molecular weight excluding hydrogens is 242 g/mol. The number of rotatable bonds is 4. The Bertz CT molecular complexity index is 513. The van der Waals surface area contributed by atoms with Crippen molar-refractivity contribution in [2.75, 3.05) is 11.5 Å². The summed E-state index contributed by atoms with van der Waals surface area (Å²) in [5.74, 6) is 0.633. The molecule has 1 atom stereocenters. The van der Waals surface area contributed by atoms with Crippen molar-refractivity contribution in [3.8, 4) is 0 Å². The predicted octanol–water partition coefficient (Wildman–Crippen LogP) is 3.40. The molecule has 2 nitrogen and oxygen atoms in total. The highest BCUT2D eigenvalue weighted by atomic mass is 32.2. The molecule has 2 rings (SSSR count). The molecule has 0 amide bonds. The molecule has 3 heteroatoms. The van der Waals surface area contributed by atoms with Crippen LogP contribution in [0.15, 0.2) is 53.4 Å². The first kappa shape index (κ1) is 13.0. The molecule has 0 saturated carbocycles. The molecule has 0 aliphatic carbocycles. The summed E-state index contributed by atoms with van der Waals surface area (Å²) < 4.78 is 0. The first-order valence-corrected chi connectivity index (χ1v) is 6.88. The summed E-state index contributed by atoms with van der Waals surface area (Å²) in [6.07, 6.45) is -0.447. The van der Waals surface area contributed by atoms with Crippen molar-refractivity contribution in [1.29, 1.82) is 0 Å². The summed E-state index contributed by atoms with van der Waals surface area (Å²) in [5.41, 5.74) is 8.70. The van der Waals surface area contributed by atoms with E-state index in [2.05, 4.69) is 0 Å². The molecular formula is C15H17NOS. The van der Waals surface area contributed by atoms with Crippen LogP contribution in [0.5, 0.6) is 0 Å². The number of aliphatic hydroxyl groups excluding tert-OH is 1. The number of hydrogen-bond donors (Lipinski definition) is 2. The van der Waals surface area contributed by atoms with Crippen LogP contribution in [0.2, 0.25) is 0 Å². The van der Waals surface area contributed by atoms with Crippen LogP contribution in [0.25, 0.3) is 0 Å². The Morgan fingerprint density at radius 3 is 2.56 bits per heavy atom. The van der Waals surface area contributed by atoms with Crippen molar-refractivity contribution in [3.05, 3.63) is 59.7 Å². The Hall–Kier alpha value is -1.45. The molecule has 1 unspecified atom stereocenters. The van der Waals surface area contributed by atoms with Gasteiger partial charge in [0.15, 0.2) is 0 Å². The molecule has 3 N–H and O–H groups in total. The third-order valence-corrected chi connectivity index (χ3v) is 4.14. The highest BCUT2D eigenvalue weighted by Crippen LogP contribution is 2.29. The minimum absolute atomic E-state index is 0.447. The lowest BCUT2D eigenvalue weighted by atomic mass is 10.1. The lowest BCUT2D eigenvalue weighted by Crippen LogP contribution is -2.00. The number of aliphatic hydroxyl groups is 1. The van der Waals surface area contributed by atoms with E-state index in [0.717, 1.165) is 21.7 Å². The van der Waals surface area contributed by atoms with Crippen molar-refractivity contribution in [3.63, 3.8) is 0 Å². The second-order valence-corrected chi connectivity index (χ2v) is 5.27. The smallest absolute Gasteiger partial charge is 0.0883 e. The van der Waals surface area contributed by atoms with E-state index in [1.165, 1.54) is 0 Å². The fraction of sp³-hybridized carbons (Fsp3) is 0.200. The van der Waals surface area contributed by atoms with Crippen LogP contribution in [0.3, 0.4) is 0 Å². The lowest BCUT2D eigenvalue weighted by molar-refractivity contribution is 0.204. The molecule has 0 spiro atoms. The lowest BCUT2D eigenvalue weighted by Gasteiger charge is -2.12. The maximum atomic E-state index is 10.1. The fourth-order valence-electron chi connectivity index (χ4n) is 1.73. The summed E-state index contributed by atoms with van der Waals surface area (Å²) in [4.78, 5) is 1.13. The normalized spacial score (nSPS) is 12.3. The van der Waals surface area contributed by atoms with Gasteiger partial charge in [-0.15, -0.1) is 11.8 Å². The van der Waals surface area contributed by atoms with Gasteiger partial charge in [0.25, 0.3) is 0 Å². The van der Waals surface area contributed by atoms with Crippen molar-refractivity contribution in [2.45, 2.75) is 17.9 Å². The van der Waals surface area contributed by atoms with E-state index < -0.39 is 6.10 Å². The molecule has 0 fully saturated rings. The largest absolute Gasteiger partial charge is 0.398 e. The number of nitrogens with two attached hydrogens (primary N) is 1. The van der Waals surface area contributed by atoms with Gasteiger partial charge >= 0.3 is 0 Å². The number of anilines is 1. The Morgan fingerprint density at radius 1 is 1.11 bits per heavy atom. The SMILES string of the molecule is Cc1c(N)cccc1SCC(O)c1ccccc1. The Balaban J connectivity index is 2.02. The van der Waals surface area contributed by atoms with Gasteiger partial charge in [-0.3, -0.25) is 0 Å². The zero-order valence-corrected chi connectivity index (χ0v) is 11.2. The van der Waals surface area contributed by atoms with Crippen molar-refractivity contribution >= 4 is 17.4 Å². The van der Waals surface area contributed by atoms with Crippen LogP contribution in [-0.4, -0.2) is 10.9 Å². The minimum Gasteiger partial charge on any atom is -0.398 e. The monoisotopic (exact) mass is 259 g/mol. The molecule has 0 aliphatic heterocycles. The Kier molecular flexibility index (Phi) is 4.28. The number of thioether (sulfide) groups is 1. The minimum atomic E-state index is -0.447. The quantitative estimate of drug-likeness (QED) is 0.653. The second kappa shape index (κ2) is 5.94. The highest BCUT2D eigenvalue weighted by molar-refractivity contribution is 7.99. The van der Waals surface area contributed by atoms with E-state index in [9.17, 15) is 5.11 Å². The zero-order chi connectivity index (χ0) is 13.0. The van der Waals surface area contributed by atoms with Gasteiger partial charge in [-0.25, -0.2) is 0 Å². The van der Waals surface area contributed by atoms with Gasteiger partial charge in [0.05, 0.1) is 6.10 Å². The summed E-state index contributed by atoms with van der Waals surface area (Å²) in [7, 11) is 0. The Morgan fingerprint density at radius 2 is 1.83 bits per heavy atom. The maximum absolute atomic E-state index is 10.1. The average Bonchev–Trinajstić information content (AvgIpc) is 2.41. The third kappa shape index (κ3) is 3.06. The first-order chi connectivity index (χ1) is 8.68. The van der Waals surface area contributed by atoms with Crippen LogP contribution in [0.1, 0.15) is 17.2 Å². The summed E-state index contributed by atoms with van der Waals surface area (Å²) in [5, 5.41) is 10.1. The fourth-order valence-corrected chi connectivity index (χ4v) is 2.77. The van der Waals surface area contributed by atoms with E-state index in [4.69, 9.17) is 5.73 Å². The summed E-state index contributed by atoms with van der Waals surface area (Å²) >= 11 is 1.63. The van der Waals surface area contributed by atoms with Crippen molar-refractivity contribution in [2.24, 2.45) is 0 Å². The second-order valence-electron chi connectivity index (χ2n) is 4.21. The van der Waals surface area contributed by atoms with Crippen molar-refractivity contribution < 1.29 is 5.11 Å². The molecule has 0 aromatic heterocycles.